The molecule has 0 fully saturated rings. The fourth-order valence-electron chi connectivity index (χ4n) is 2.93. The second-order valence-corrected chi connectivity index (χ2v) is 8.43. The largest absolute Gasteiger partial charge is 0.497 e. The highest BCUT2D eigenvalue weighted by Gasteiger charge is 2.22. The van der Waals surface area contributed by atoms with Crippen LogP contribution in [0.3, 0.4) is 0 Å². The van der Waals surface area contributed by atoms with Crippen LogP contribution in [-0.4, -0.2) is 33.0 Å². The third-order valence-electron chi connectivity index (χ3n) is 4.47. The summed E-state index contributed by atoms with van der Waals surface area (Å²) in [6.45, 7) is 8.11. The van der Waals surface area contributed by atoms with E-state index in [1.54, 1.807) is 7.11 Å². The number of rotatable bonds is 7. The van der Waals surface area contributed by atoms with Gasteiger partial charge in [-0.25, -0.2) is 0 Å². The quantitative estimate of drug-likeness (QED) is 0.558. The SMILES string of the molecule is COc1ccc(NC(=O)[C@H](C)Sc2nnc(-c3cccc(C)c3)n2C(C)C)cc1. The number of carbonyl (C=O) groups is 1. The molecule has 0 saturated carbocycles. The number of benzene rings is 2. The molecule has 0 unspecified atom stereocenters. The lowest BCUT2D eigenvalue weighted by molar-refractivity contribution is -0.115. The van der Waals surface area contributed by atoms with Crippen molar-refractivity contribution in [3.63, 3.8) is 0 Å². The van der Waals surface area contributed by atoms with E-state index in [-0.39, 0.29) is 17.2 Å². The Labute approximate surface area is 175 Å². The van der Waals surface area contributed by atoms with Gasteiger partial charge in [0.25, 0.3) is 0 Å². The molecule has 1 aromatic heterocycles. The number of hydrogen-bond donors (Lipinski definition) is 1. The normalized spacial score (nSPS) is 12.1. The van der Waals surface area contributed by atoms with Gasteiger partial charge in [-0.1, -0.05) is 35.5 Å². The summed E-state index contributed by atoms with van der Waals surface area (Å²) in [5, 5.41) is 12.1. The number of aromatic nitrogens is 3. The molecule has 2 aromatic carbocycles. The number of anilines is 1. The number of aryl methyl sites for hydroxylation is 1. The lowest BCUT2D eigenvalue weighted by atomic mass is 10.1. The average molecular weight is 411 g/mol. The molecule has 6 nitrogen and oxygen atoms in total. The van der Waals surface area contributed by atoms with Gasteiger partial charge in [-0.15, -0.1) is 10.2 Å². The number of methoxy groups -OCH3 is 1. The first-order valence-electron chi connectivity index (χ1n) is 9.52. The van der Waals surface area contributed by atoms with E-state index < -0.39 is 0 Å². The first kappa shape index (κ1) is 20.9. The van der Waals surface area contributed by atoms with Crippen molar-refractivity contribution in [2.75, 3.05) is 12.4 Å². The van der Waals surface area contributed by atoms with Crippen LogP contribution in [0, 0.1) is 6.92 Å². The van der Waals surface area contributed by atoms with Gasteiger partial charge in [-0.3, -0.25) is 9.36 Å². The fourth-order valence-corrected chi connectivity index (χ4v) is 3.91. The molecule has 1 amide bonds. The van der Waals surface area contributed by atoms with Gasteiger partial charge in [0.2, 0.25) is 5.91 Å². The maximum Gasteiger partial charge on any atom is 0.237 e. The van der Waals surface area contributed by atoms with Crippen molar-refractivity contribution >= 4 is 23.4 Å². The van der Waals surface area contributed by atoms with Crippen molar-refractivity contribution in [3.8, 4) is 17.1 Å². The monoisotopic (exact) mass is 410 g/mol. The number of carbonyl (C=O) groups excluding carboxylic acids is 1. The molecule has 0 aliphatic carbocycles. The Morgan fingerprint density at radius 3 is 2.45 bits per heavy atom. The number of ether oxygens (including phenoxy) is 1. The topological polar surface area (TPSA) is 69.0 Å². The molecule has 1 N–H and O–H groups in total. The van der Waals surface area contributed by atoms with Crippen LogP contribution in [0.5, 0.6) is 5.75 Å². The molecule has 0 spiro atoms. The molecule has 3 rings (SSSR count). The van der Waals surface area contributed by atoms with Crippen LogP contribution in [-0.2, 0) is 4.79 Å². The van der Waals surface area contributed by atoms with Crippen LogP contribution in [0.25, 0.3) is 11.4 Å². The zero-order valence-electron chi connectivity index (χ0n) is 17.3. The van der Waals surface area contributed by atoms with Crippen molar-refractivity contribution in [3.05, 3.63) is 54.1 Å². The molecular weight excluding hydrogens is 384 g/mol. The van der Waals surface area contributed by atoms with Crippen LogP contribution in [0.15, 0.2) is 53.7 Å². The molecule has 29 heavy (non-hydrogen) atoms. The van der Waals surface area contributed by atoms with E-state index in [9.17, 15) is 4.79 Å². The highest BCUT2D eigenvalue weighted by atomic mass is 32.2. The van der Waals surface area contributed by atoms with Crippen LogP contribution < -0.4 is 10.1 Å². The standard InChI is InChI=1S/C22H26N4O2S/c1-14(2)26-20(17-8-6-7-15(3)13-17)24-25-22(26)29-16(4)21(27)23-18-9-11-19(28-5)12-10-18/h6-14,16H,1-5H3,(H,23,27)/t16-/m0/s1. The summed E-state index contributed by atoms with van der Waals surface area (Å²) in [4.78, 5) is 12.7. The molecule has 3 aromatic rings. The summed E-state index contributed by atoms with van der Waals surface area (Å²) in [7, 11) is 1.61. The predicted molar refractivity (Wildman–Crippen MR) is 118 cm³/mol. The molecule has 0 saturated heterocycles. The van der Waals surface area contributed by atoms with Crippen LogP contribution >= 0.6 is 11.8 Å². The van der Waals surface area contributed by atoms with Gasteiger partial charge in [0.05, 0.1) is 12.4 Å². The first-order valence-corrected chi connectivity index (χ1v) is 10.4. The van der Waals surface area contributed by atoms with Crippen LogP contribution in [0.1, 0.15) is 32.4 Å². The van der Waals surface area contributed by atoms with Crippen molar-refractivity contribution in [2.45, 2.75) is 44.1 Å². The molecule has 152 valence electrons. The van der Waals surface area contributed by atoms with E-state index in [1.807, 2.05) is 43.3 Å². The third-order valence-corrected chi connectivity index (χ3v) is 5.52. The zero-order chi connectivity index (χ0) is 21.0. The lowest BCUT2D eigenvalue weighted by Crippen LogP contribution is -2.23. The number of amides is 1. The molecule has 7 heteroatoms. The fraction of sp³-hybridized carbons (Fsp3) is 0.318. The molecule has 0 radical (unpaired) electrons. The Bertz CT molecular complexity index is 983. The first-order chi connectivity index (χ1) is 13.9. The minimum atomic E-state index is -0.329. The van der Waals surface area contributed by atoms with Gasteiger partial charge < -0.3 is 10.1 Å². The maximum absolute atomic E-state index is 12.7. The van der Waals surface area contributed by atoms with Crippen molar-refractivity contribution in [2.24, 2.45) is 0 Å². The van der Waals surface area contributed by atoms with E-state index in [0.717, 1.165) is 28.0 Å². The molecule has 1 atom stereocenters. The molecule has 0 aliphatic heterocycles. The predicted octanol–water partition coefficient (Wildman–Crippen LogP) is 4.96. The van der Waals surface area contributed by atoms with Crippen molar-refractivity contribution < 1.29 is 9.53 Å². The summed E-state index contributed by atoms with van der Waals surface area (Å²) in [5.74, 6) is 1.48. The smallest absolute Gasteiger partial charge is 0.237 e. The molecule has 0 aliphatic rings. The van der Waals surface area contributed by atoms with Crippen LogP contribution in [0.4, 0.5) is 5.69 Å². The van der Waals surface area contributed by atoms with E-state index in [4.69, 9.17) is 4.74 Å². The highest BCUT2D eigenvalue weighted by Crippen LogP contribution is 2.30. The summed E-state index contributed by atoms with van der Waals surface area (Å²) in [6.07, 6.45) is 0. The Balaban J connectivity index is 1.77. The van der Waals surface area contributed by atoms with Crippen molar-refractivity contribution in [1.82, 2.24) is 14.8 Å². The van der Waals surface area contributed by atoms with E-state index in [1.165, 1.54) is 17.3 Å². The highest BCUT2D eigenvalue weighted by molar-refractivity contribution is 8.00. The number of thioether (sulfide) groups is 1. The van der Waals surface area contributed by atoms with Gasteiger partial charge in [0.1, 0.15) is 5.75 Å². The van der Waals surface area contributed by atoms with E-state index >= 15 is 0 Å². The lowest BCUT2D eigenvalue weighted by Gasteiger charge is -2.16. The average Bonchev–Trinajstić information content (AvgIpc) is 3.12. The van der Waals surface area contributed by atoms with Gasteiger partial charge in [0.15, 0.2) is 11.0 Å². The second kappa shape index (κ2) is 9.13. The Morgan fingerprint density at radius 2 is 1.83 bits per heavy atom. The third kappa shape index (κ3) is 4.98. The molecule has 1 heterocycles. The maximum atomic E-state index is 12.7. The van der Waals surface area contributed by atoms with Gasteiger partial charge in [-0.2, -0.15) is 0 Å². The number of nitrogens with one attached hydrogen (secondary N) is 1. The van der Waals surface area contributed by atoms with Gasteiger partial charge in [0, 0.05) is 17.3 Å². The summed E-state index contributed by atoms with van der Waals surface area (Å²) in [5.41, 5.74) is 2.92. The van der Waals surface area contributed by atoms with Gasteiger partial charge in [-0.05, 0) is 58.0 Å². The minimum Gasteiger partial charge on any atom is -0.497 e. The Hall–Kier alpha value is -2.80. The van der Waals surface area contributed by atoms with Gasteiger partial charge >= 0.3 is 0 Å². The number of nitrogens with zero attached hydrogens (tertiary/aromatic N) is 3. The summed E-state index contributed by atoms with van der Waals surface area (Å²) in [6, 6.07) is 15.6. The van der Waals surface area contributed by atoms with Crippen molar-refractivity contribution in [1.29, 1.82) is 0 Å². The summed E-state index contributed by atoms with van der Waals surface area (Å²) >= 11 is 1.41. The Morgan fingerprint density at radius 1 is 1.10 bits per heavy atom. The summed E-state index contributed by atoms with van der Waals surface area (Å²) < 4.78 is 7.23. The van der Waals surface area contributed by atoms with E-state index in [0.29, 0.717) is 0 Å². The second-order valence-electron chi connectivity index (χ2n) is 7.12. The molecule has 0 bridgehead atoms. The Kier molecular flexibility index (Phi) is 6.59. The van der Waals surface area contributed by atoms with Crippen LogP contribution in [0.2, 0.25) is 0 Å². The molecular formula is C22H26N4O2S. The van der Waals surface area contributed by atoms with E-state index in [2.05, 4.69) is 53.0 Å². The minimum absolute atomic E-state index is 0.0874. The number of hydrogen-bond acceptors (Lipinski definition) is 5. The zero-order valence-corrected chi connectivity index (χ0v) is 18.2.